The molecule has 0 aromatic heterocycles. The van der Waals surface area contributed by atoms with Gasteiger partial charge in [0, 0.05) is 6.54 Å². The molecular weight excluding hydrogens is 204 g/mol. The van der Waals surface area contributed by atoms with Gasteiger partial charge in [-0.2, -0.15) is 0 Å². The number of hydrogen-bond acceptors (Lipinski definition) is 3. The molecule has 0 fully saturated rings. The van der Waals surface area contributed by atoms with Crippen LogP contribution < -0.4 is 5.43 Å². The number of carbonyl (C=O) groups is 2. The van der Waals surface area contributed by atoms with E-state index in [2.05, 4.69) is 5.43 Å². The zero-order chi connectivity index (χ0) is 11.7. The van der Waals surface area contributed by atoms with Gasteiger partial charge >= 0.3 is 0 Å². The van der Waals surface area contributed by atoms with Crippen LogP contribution in [0.25, 0.3) is 0 Å². The van der Waals surface area contributed by atoms with Gasteiger partial charge in [0.05, 0.1) is 11.1 Å². The third-order valence-electron chi connectivity index (χ3n) is 2.45. The van der Waals surface area contributed by atoms with Crippen molar-refractivity contribution in [1.82, 2.24) is 10.4 Å². The first-order chi connectivity index (χ1) is 7.61. The normalized spacial score (nSPS) is 14.8. The molecule has 0 aliphatic carbocycles. The molecular formula is C12H14N2O2. The van der Waals surface area contributed by atoms with Crippen LogP contribution in [0.2, 0.25) is 0 Å². The van der Waals surface area contributed by atoms with Gasteiger partial charge in [-0.3, -0.25) is 9.59 Å². The molecule has 0 bridgehead atoms. The summed E-state index contributed by atoms with van der Waals surface area (Å²) in [6.07, 6.45) is 0. The number of rotatable bonds is 3. The molecule has 2 rings (SSSR count). The fourth-order valence-corrected chi connectivity index (χ4v) is 1.61. The quantitative estimate of drug-likeness (QED) is 0.781. The van der Waals surface area contributed by atoms with Gasteiger partial charge in [-0.05, 0) is 18.1 Å². The van der Waals surface area contributed by atoms with Crippen LogP contribution in [-0.4, -0.2) is 23.4 Å². The minimum atomic E-state index is -0.263. The third kappa shape index (κ3) is 1.72. The molecule has 2 amide bonds. The number of fused-ring (bicyclic) bond motifs is 1. The van der Waals surface area contributed by atoms with Gasteiger partial charge in [-0.15, -0.1) is 0 Å². The first-order valence-electron chi connectivity index (χ1n) is 5.32. The Morgan fingerprint density at radius 3 is 2.06 bits per heavy atom. The molecule has 1 N–H and O–H groups in total. The summed E-state index contributed by atoms with van der Waals surface area (Å²) in [5, 5.41) is 1.10. The number of hydrogen-bond donors (Lipinski definition) is 1. The molecule has 1 aliphatic heterocycles. The van der Waals surface area contributed by atoms with Crippen molar-refractivity contribution in [2.24, 2.45) is 5.92 Å². The van der Waals surface area contributed by atoms with Crippen molar-refractivity contribution >= 4 is 11.8 Å². The molecule has 0 saturated carbocycles. The predicted octanol–water partition coefficient (Wildman–Crippen LogP) is 1.44. The van der Waals surface area contributed by atoms with Crippen molar-refractivity contribution in [1.29, 1.82) is 0 Å². The highest BCUT2D eigenvalue weighted by atomic mass is 16.2. The van der Waals surface area contributed by atoms with Crippen molar-refractivity contribution in [3.63, 3.8) is 0 Å². The molecule has 0 unspecified atom stereocenters. The molecule has 1 aliphatic rings. The maximum Gasteiger partial charge on any atom is 0.276 e. The molecule has 1 heterocycles. The van der Waals surface area contributed by atoms with Gasteiger partial charge in [0.1, 0.15) is 0 Å². The first-order valence-corrected chi connectivity index (χ1v) is 5.32. The van der Waals surface area contributed by atoms with Crippen molar-refractivity contribution < 1.29 is 9.59 Å². The first kappa shape index (κ1) is 10.8. The Labute approximate surface area is 94.2 Å². The lowest BCUT2D eigenvalue weighted by Gasteiger charge is -2.16. The second-order valence-electron chi connectivity index (χ2n) is 4.25. The summed E-state index contributed by atoms with van der Waals surface area (Å²) >= 11 is 0. The van der Waals surface area contributed by atoms with Crippen LogP contribution >= 0.6 is 0 Å². The van der Waals surface area contributed by atoms with Crippen LogP contribution in [0.1, 0.15) is 34.6 Å². The van der Waals surface area contributed by atoms with E-state index >= 15 is 0 Å². The topological polar surface area (TPSA) is 49.4 Å². The van der Waals surface area contributed by atoms with Crippen LogP contribution in [0.3, 0.4) is 0 Å². The van der Waals surface area contributed by atoms with Gasteiger partial charge in [0.25, 0.3) is 11.8 Å². The summed E-state index contributed by atoms with van der Waals surface area (Å²) in [7, 11) is 0. The fraction of sp³-hybridized carbons (Fsp3) is 0.333. The van der Waals surface area contributed by atoms with Gasteiger partial charge in [0.15, 0.2) is 0 Å². The molecule has 16 heavy (non-hydrogen) atoms. The lowest BCUT2D eigenvalue weighted by atomic mass is 10.1. The van der Waals surface area contributed by atoms with E-state index in [9.17, 15) is 9.59 Å². The van der Waals surface area contributed by atoms with E-state index in [1.807, 2.05) is 13.8 Å². The summed E-state index contributed by atoms with van der Waals surface area (Å²) in [5.41, 5.74) is 3.81. The molecule has 0 spiro atoms. The number of carbonyl (C=O) groups excluding carboxylic acids is 2. The Kier molecular flexibility index (Phi) is 2.75. The summed E-state index contributed by atoms with van der Waals surface area (Å²) < 4.78 is 0. The summed E-state index contributed by atoms with van der Waals surface area (Å²) in [6, 6.07) is 6.87. The highest BCUT2D eigenvalue weighted by molar-refractivity contribution is 6.20. The van der Waals surface area contributed by atoms with Crippen LogP contribution in [0.5, 0.6) is 0 Å². The number of amides is 2. The number of nitrogens with zero attached hydrogens (tertiary/aromatic N) is 1. The molecule has 0 radical (unpaired) electrons. The highest BCUT2D eigenvalue weighted by Crippen LogP contribution is 2.20. The van der Waals surface area contributed by atoms with E-state index in [4.69, 9.17) is 0 Å². The number of imide groups is 1. The Balaban J connectivity index is 2.22. The SMILES string of the molecule is CC(C)CNN1C(=O)c2ccccc2C1=O. The van der Waals surface area contributed by atoms with Crippen LogP contribution in [0.15, 0.2) is 24.3 Å². The largest absolute Gasteiger partial charge is 0.276 e. The Bertz CT molecular complexity index is 405. The van der Waals surface area contributed by atoms with Crippen molar-refractivity contribution in [2.75, 3.05) is 6.54 Å². The Morgan fingerprint density at radius 1 is 1.12 bits per heavy atom. The number of benzene rings is 1. The maximum atomic E-state index is 11.9. The average molecular weight is 218 g/mol. The predicted molar refractivity (Wildman–Crippen MR) is 59.8 cm³/mol. The second-order valence-corrected chi connectivity index (χ2v) is 4.25. The number of hydrazine groups is 1. The molecule has 4 nitrogen and oxygen atoms in total. The average Bonchev–Trinajstić information content (AvgIpc) is 2.50. The number of nitrogens with one attached hydrogen (secondary N) is 1. The van der Waals surface area contributed by atoms with Gasteiger partial charge in [0.2, 0.25) is 0 Å². The molecule has 0 saturated heterocycles. The zero-order valence-corrected chi connectivity index (χ0v) is 9.36. The van der Waals surface area contributed by atoms with E-state index in [1.165, 1.54) is 0 Å². The lowest BCUT2D eigenvalue weighted by Crippen LogP contribution is -2.44. The Hall–Kier alpha value is -1.68. The van der Waals surface area contributed by atoms with Crippen LogP contribution in [-0.2, 0) is 0 Å². The Morgan fingerprint density at radius 2 is 1.62 bits per heavy atom. The molecule has 1 aromatic rings. The highest BCUT2D eigenvalue weighted by Gasteiger charge is 2.35. The molecule has 1 aromatic carbocycles. The maximum absolute atomic E-state index is 11.9. The molecule has 4 heteroatoms. The van der Waals surface area contributed by atoms with Gasteiger partial charge in [-0.1, -0.05) is 26.0 Å². The van der Waals surface area contributed by atoms with Crippen molar-refractivity contribution in [3.8, 4) is 0 Å². The summed E-state index contributed by atoms with van der Waals surface area (Å²) in [5.74, 6) is -0.146. The van der Waals surface area contributed by atoms with Crippen LogP contribution in [0.4, 0.5) is 0 Å². The standard InChI is InChI=1S/C12H14N2O2/c1-8(2)7-13-14-11(15)9-5-3-4-6-10(9)12(14)16/h3-6,8,13H,7H2,1-2H3. The minimum absolute atomic E-state index is 0.263. The second kappa shape index (κ2) is 4.06. The van der Waals surface area contributed by atoms with Gasteiger partial charge < -0.3 is 0 Å². The summed E-state index contributed by atoms with van der Waals surface area (Å²) in [6.45, 7) is 4.64. The van der Waals surface area contributed by atoms with Crippen molar-refractivity contribution in [2.45, 2.75) is 13.8 Å². The molecule has 84 valence electrons. The van der Waals surface area contributed by atoms with Crippen LogP contribution in [0, 0.1) is 5.92 Å². The summed E-state index contributed by atoms with van der Waals surface area (Å²) in [4.78, 5) is 23.7. The van der Waals surface area contributed by atoms with E-state index in [1.54, 1.807) is 24.3 Å². The van der Waals surface area contributed by atoms with Gasteiger partial charge in [-0.25, -0.2) is 10.4 Å². The van der Waals surface area contributed by atoms with E-state index < -0.39 is 0 Å². The minimum Gasteiger partial charge on any atom is -0.267 e. The molecule has 0 atom stereocenters. The monoisotopic (exact) mass is 218 g/mol. The lowest BCUT2D eigenvalue weighted by molar-refractivity contribution is 0.0560. The van der Waals surface area contributed by atoms with E-state index in [0.717, 1.165) is 5.01 Å². The fourth-order valence-electron chi connectivity index (χ4n) is 1.61. The smallest absolute Gasteiger partial charge is 0.267 e. The van der Waals surface area contributed by atoms with Crippen molar-refractivity contribution in [3.05, 3.63) is 35.4 Å². The third-order valence-corrected chi connectivity index (χ3v) is 2.45. The zero-order valence-electron chi connectivity index (χ0n) is 9.36. The van der Waals surface area contributed by atoms with E-state index in [0.29, 0.717) is 23.6 Å². The van der Waals surface area contributed by atoms with E-state index in [-0.39, 0.29) is 11.8 Å².